The fourth-order valence-electron chi connectivity index (χ4n) is 2.11. The average Bonchev–Trinajstić information content (AvgIpc) is 2.21. The van der Waals surface area contributed by atoms with E-state index < -0.39 is 0 Å². The third-order valence-electron chi connectivity index (χ3n) is 3.31. The molecule has 4 nitrogen and oxygen atoms in total. The van der Waals surface area contributed by atoms with Gasteiger partial charge in [0.05, 0.1) is 12.6 Å². The minimum Gasteiger partial charge on any atom is -0.392 e. The van der Waals surface area contributed by atoms with Crippen molar-refractivity contribution in [1.29, 1.82) is 0 Å². The molecule has 1 saturated carbocycles. The fourth-order valence-corrected chi connectivity index (χ4v) is 2.11. The Morgan fingerprint density at radius 3 is 2.87 bits per heavy atom. The lowest BCUT2D eigenvalue weighted by Crippen LogP contribution is -2.46. The molecule has 2 unspecified atom stereocenters. The Hall–Kier alpha value is -0.610. The number of rotatable bonds is 4. The molecule has 0 aromatic carbocycles. The standard InChI is InChI=1S/C11H22N2O2/c1-11(6-4-3-5-9(11)14)8-13-10(15)7-12-2/h9,12,14H,3-8H2,1-2H3,(H,13,15). The molecular formula is C11H22N2O2. The minimum atomic E-state index is -0.277. The predicted octanol–water partition coefficient (Wildman–Crippen LogP) is 0.263. The van der Waals surface area contributed by atoms with E-state index in [1.807, 2.05) is 0 Å². The Balaban J connectivity index is 2.37. The molecule has 15 heavy (non-hydrogen) atoms. The number of nitrogens with one attached hydrogen (secondary N) is 2. The van der Waals surface area contributed by atoms with Crippen LogP contribution in [-0.2, 0) is 4.79 Å². The first-order chi connectivity index (χ1) is 7.08. The Labute approximate surface area is 91.4 Å². The summed E-state index contributed by atoms with van der Waals surface area (Å²) in [6.07, 6.45) is 3.82. The molecule has 1 aliphatic rings. The molecule has 0 saturated heterocycles. The van der Waals surface area contributed by atoms with Crippen molar-refractivity contribution in [3.8, 4) is 0 Å². The van der Waals surface area contributed by atoms with Crippen LogP contribution in [0.15, 0.2) is 0 Å². The second-order valence-electron chi connectivity index (χ2n) is 4.72. The third kappa shape index (κ3) is 3.47. The van der Waals surface area contributed by atoms with Crippen LogP contribution in [0, 0.1) is 5.41 Å². The normalized spacial score (nSPS) is 31.3. The number of carbonyl (C=O) groups excluding carboxylic acids is 1. The molecule has 0 radical (unpaired) electrons. The van der Waals surface area contributed by atoms with Crippen molar-refractivity contribution in [1.82, 2.24) is 10.6 Å². The molecule has 0 aromatic rings. The summed E-state index contributed by atoms with van der Waals surface area (Å²) < 4.78 is 0. The van der Waals surface area contributed by atoms with Gasteiger partial charge in [-0.3, -0.25) is 4.79 Å². The summed E-state index contributed by atoms with van der Waals surface area (Å²) in [4.78, 5) is 11.3. The first kappa shape index (κ1) is 12.5. The number of likely N-dealkylation sites (N-methyl/N-ethyl adjacent to an activating group) is 1. The summed E-state index contributed by atoms with van der Waals surface area (Å²) in [5.74, 6) is -0.00324. The van der Waals surface area contributed by atoms with Crippen LogP contribution < -0.4 is 10.6 Å². The van der Waals surface area contributed by atoms with Crippen LogP contribution in [0.1, 0.15) is 32.6 Å². The molecule has 1 fully saturated rings. The molecule has 0 bridgehead atoms. The molecule has 4 heteroatoms. The molecule has 0 heterocycles. The highest BCUT2D eigenvalue weighted by Crippen LogP contribution is 2.35. The van der Waals surface area contributed by atoms with Crippen LogP contribution in [0.25, 0.3) is 0 Å². The highest BCUT2D eigenvalue weighted by Gasteiger charge is 2.35. The van der Waals surface area contributed by atoms with E-state index in [1.54, 1.807) is 7.05 Å². The Kier molecular flexibility index (Phi) is 4.54. The molecule has 1 amide bonds. The van der Waals surface area contributed by atoms with Crippen molar-refractivity contribution in [3.05, 3.63) is 0 Å². The first-order valence-corrected chi connectivity index (χ1v) is 5.68. The zero-order valence-corrected chi connectivity index (χ0v) is 9.68. The van der Waals surface area contributed by atoms with Crippen molar-refractivity contribution >= 4 is 5.91 Å². The van der Waals surface area contributed by atoms with Crippen LogP contribution in [0.3, 0.4) is 0 Å². The van der Waals surface area contributed by atoms with Crippen LogP contribution in [0.4, 0.5) is 0 Å². The highest BCUT2D eigenvalue weighted by atomic mass is 16.3. The van der Waals surface area contributed by atoms with E-state index in [-0.39, 0.29) is 17.4 Å². The molecule has 1 aliphatic carbocycles. The van der Waals surface area contributed by atoms with E-state index in [0.29, 0.717) is 13.1 Å². The van der Waals surface area contributed by atoms with Crippen molar-refractivity contribution < 1.29 is 9.90 Å². The second-order valence-corrected chi connectivity index (χ2v) is 4.72. The van der Waals surface area contributed by atoms with E-state index in [9.17, 15) is 9.90 Å². The molecule has 1 rings (SSSR count). The summed E-state index contributed by atoms with van der Waals surface area (Å²) in [5.41, 5.74) is -0.137. The van der Waals surface area contributed by atoms with Crippen molar-refractivity contribution in [2.24, 2.45) is 5.41 Å². The second kappa shape index (κ2) is 5.47. The van der Waals surface area contributed by atoms with Gasteiger partial charge < -0.3 is 15.7 Å². The number of hydrogen-bond donors (Lipinski definition) is 3. The monoisotopic (exact) mass is 214 g/mol. The van der Waals surface area contributed by atoms with Crippen molar-refractivity contribution in [2.75, 3.05) is 20.1 Å². The van der Waals surface area contributed by atoms with Gasteiger partial charge in [0, 0.05) is 12.0 Å². The van der Waals surface area contributed by atoms with E-state index in [4.69, 9.17) is 0 Å². The SMILES string of the molecule is CNCC(=O)NCC1(C)CCCCC1O. The Bertz CT molecular complexity index is 221. The number of amides is 1. The zero-order valence-electron chi connectivity index (χ0n) is 9.68. The lowest BCUT2D eigenvalue weighted by molar-refractivity contribution is -0.121. The molecule has 2 atom stereocenters. The quantitative estimate of drug-likeness (QED) is 0.629. The minimum absolute atomic E-state index is 0.00324. The van der Waals surface area contributed by atoms with Gasteiger partial charge in [0.2, 0.25) is 5.91 Å². The molecule has 0 spiro atoms. The third-order valence-corrected chi connectivity index (χ3v) is 3.31. The fraction of sp³-hybridized carbons (Fsp3) is 0.909. The predicted molar refractivity (Wildman–Crippen MR) is 59.5 cm³/mol. The number of aliphatic hydroxyl groups is 1. The van der Waals surface area contributed by atoms with Gasteiger partial charge in [0.15, 0.2) is 0 Å². The summed E-state index contributed by atoms with van der Waals surface area (Å²) >= 11 is 0. The van der Waals surface area contributed by atoms with E-state index >= 15 is 0 Å². The largest absolute Gasteiger partial charge is 0.392 e. The summed E-state index contributed by atoms with van der Waals surface area (Å²) in [5, 5.41) is 15.6. The maximum atomic E-state index is 11.3. The van der Waals surface area contributed by atoms with Gasteiger partial charge in [-0.05, 0) is 19.9 Å². The molecule has 0 aliphatic heterocycles. The van der Waals surface area contributed by atoms with Crippen LogP contribution in [0.2, 0.25) is 0 Å². The summed E-state index contributed by atoms with van der Waals surface area (Å²) in [6, 6.07) is 0. The molecule has 88 valence electrons. The Morgan fingerprint density at radius 2 is 2.27 bits per heavy atom. The molecule has 0 aromatic heterocycles. The van der Waals surface area contributed by atoms with Gasteiger partial charge in [-0.2, -0.15) is 0 Å². The molecule has 3 N–H and O–H groups in total. The van der Waals surface area contributed by atoms with Gasteiger partial charge in [0.25, 0.3) is 0 Å². The number of hydrogen-bond acceptors (Lipinski definition) is 3. The van der Waals surface area contributed by atoms with Gasteiger partial charge in [-0.1, -0.05) is 19.8 Å². The van der Waals surface area contributed by atoms with Gasteiger partial charge in [-0.15, -0.1) is 0 Å². The van der Waals surface area contributed by atoms with Crippen LogP contribution in [-0.4, -0.2) is 37.3 Å². The summed E-state index contributed by atoms with van der Waals surface area (Å²) in [6.45, 7) is 2.97. The topological polar surface area (TPSA) is 61.4 Å². The van der Waals surface area contributed by atoms with E-state index in [1.165, 1.54) is 0 Å². The highest BCUT2D eigenvalue weighted by molar-refractivity contribution is 5.77. The number of aliphatic hydroxyl groups excluding tert-OH is 1. The van der Waals surface area contributed by atoms with Crippen LogP contribution >= 0.6 is 0 Å². The van der Waals surface area contributed by atoms with Crippen molar-refractivity contribution in [2.45, 2.75) is 38.7 Å². The van der Waals surface area contributed by atoms with Gasteiger partial charge >= 0.3 is 0 Å². The lowest BCUT2D eigenvalue weighted by Gasteiger charge is -2.38. The first-order valence-electron chi connectivity index (χ1n) is 5.68. The maximum absolute atomic E-state index is 11.3. The maximum Gasteiger partial charge on any atom is 0.233 e. The van der Waals surface area contributed by atoms with Crippen molar-refractivity contribution in [3.63, 3.8) is 0 Å². The van der Waals surface area contributed by atoms with E-state index in [2.05, 4.69) is 17.6 Å². The average molecular weight is 214 g/mol. The molecular weight excluding hydrogens is 192 g/mol. The summed E-state index contributed by atoms with van der Waals surface area (Å²) in [7, 11) is 1.75. The lowest BCUT2D eigenvalue weighted by atomic mass is 9.73. The van der Waals surface area contributed by atoms with Gasteiger partial charge in [0.1, 0.15) is 0 Å². The number of carbonyl (C=O) groups is 1. The van der Waals surface area contributed by atoms with Gasteiger partial charge in [-0.25, -0.2) is 0 Å². The van der Waals surface area contributed by atoms with E-state index in [0.717, 1.165) is 25.7 Å². The zero-order chi connectivity index (χ0) is 11.3. The smallest absolute Gasteiger partial charge is 0.233 e. The van der Waals surface area contributed by atoms with Crippen LogP contribution in [0.5, 0.6) is 0 Å². The Morgan fingerprint density at radius 1 is 1.53 bits per heavy atom.